The minimum Gasteiger partial charge on any atom is -0.383 e. The second-order valence-electron chi connectivity index (χ2n) is 3.34. The number of hydrogen-bond acceptors (Lipinski definition) is 3. The zero-order valence-corrected chi connectivity index (χ0v) is 9.84. The Morgan fingerprint density at radius 3 is 2.79 bits per heavy atom. The Kier molecular flexibility index (Phi) is 4.38. The van der Waals surface area contributed by atoms with Gasteiger partial charge in [0.15, 0.2) is 0 Å². The Morgan fingerprint density at radius 1 is 1.50 bits per heavy atom. The Bertz CT molecular complexity index is 301. The summed E-state index contributed by atoms with van der Waals surface area (Å²) in [7, 11) is 0. The Labute approximate surface area is 93.0 Å². The molecule has 1 unspecified atom stereocenters. The molecule has 0 radical (unpaired) electrons. The lowest BCUT2D eigenvalue weighted by Crippen LogP contribution is -2.36. The minimum atomic E-state index is 0.0121. The van der Waals surface area contributed by atoms with Crippen molar-refractivity contribution in [3.05, 3.63) is 28.2 Å². The number of benzene rings is 1. The summed E-state index contributed by atoms with van der Waals surface area (Å²) in [5.41, 5.74) is 13.4. The van der Waals surface area contributed by atoms with Crippen LogP contribution in [0.25, 0.3) is 0 Å². The molecule has 14 heavy (non-hydrogen) atoms. The molecule has 3 nitrogen and oxygen atoms in total. The second kappa shape index (κ2) is 5.34. The van der Waals surface area contributed by atoms with Crippen molar-refractivity contribution in [3.8, 4) is 0 Å². The molecular formula is C10H16BrN3. The number of aryl methyl sites for hydroxylation is 1. The van der Waals surface area contributed by atoms with E-state index in [2.05, 4.69) is 34.2 Å². The number of hydrogen-bond donors (Lipinski definition) is 3. The monoisotopic (exact) mass is 257 g/mol. The number of rotatable bonds is 4. The van der Waals surface area contributed by atoms with Crippen LogP contribution in [0.2, 0.25) is 0 Å². The molecule has 0 amide bonds. The molecule has 0 saturated carbocycles. The molecule has 0 fully saturated rings. The quantitative estimate of drug-likeness (QED) is 0.766. The van der Waals surface area contributed by atoms with Gasteiger partial charge in [-0.1, -0.05) is 15.9 Å². The van der Waals surface area contributed by atoms with Gasteiger partial charge in [0.05, 0.1) is 0 Å². The molecule has 0 spiro atoms. The molecule has 0 aliphatic heterocycles. The highest BCUT2D eigenvalue weighted by molar-refractivity contribution is 9.10. The third-order valence-electron chi connectivity index (χ3n) is 2.05. The van der Waals surface area contributed by atoms with Crippen LogP contribution >= 0.6 is 15.9 Å². The highest BCUT2D eigenvalue weighted by Crippen LogP contribution is 2.19. The van der Waals surface area contributed by atoms with Gasteiger partial charge in [0, 0.05) is 29.3 Å². The summed E-state index contributed by atoms with van der Waals surface area (Å²) in [5, 5.41) is 3.26. The highest BCUT2D eigenvalue weighted by atomic mass is 79.9. The van der Waals surface area contributed by atoms with Gasteiger partial charge in [-0.25, -0.2) is 0 Å². The largest absolute Gasteiger partial charge is 0.383 e. The van der Waals surface area contributed by atoms with E-state index in [1.165, 1.54) is 5.56 Å². The van der Waals surface area contributed by atoms with Gasteiger partial charge in [-0.05, 0) is 30.7 Å². The molecule has 4 heteroatoms. The van der Waals surface area contributed by atoms with Gasteiger partial charge in [-0.3, -0.25) is 0 Å². The summed E-state index contributed by atoms with van der Waals surface area (Å²) in [6.45, 7) is 3.27. The molecule has 5 N–H and O–H groups in total. The average Bonchev–Trinajstić information content (AvgIpc) is 2.16. The standard InChI is InChI=1S/C10H16BrN3/c1-7-4-8(11)2-3-10(7)14-6-9(13)5-12/h2-4,9,14H,5-6,12-13H2,1H3. The van der Waals surface area contributed by atoms with Crippen LogP contribution in [0.5, 0.6) is 0 Å². The van der Waals surface area contributed by atoms with Crippen molar-refractivity contribution < 1.29 is 0 Å². The second-order valence-corrected chi connectivity index (χ2v) is 4.25. The van der Waals surface area contributed by atoms with Crippen LogP contribution in [0.3, 0.4) is 0 Å². The van der Waals surface area contributed by atoms with Crippen molar-refractivity contribution in [2.24, 2.45) is 11.5 Å². The van der Waals surface area contributed by atoms with Crippen LogP contribution in [0.15, 0.2) is 22.7 Å². The summed E-state index contributed by atoms with van der Waals surface area (Å²) < 4.78 is 1.09. The molecule has 0 heterocycles. The van der Waals surface area contributed by atoms with Gasteiger partial charge in [-0.2, -0.15) is 0 Å². The van der Waals surface area contributed by atoms with E-state index in [1.54, 1.807) is 0 Å². The molecule has 0 aromatic heterocycles. The van der Waals surface area contributed by atoms with Gasteiger partial charge in [0.1, 0.15) is 0 Å². The third kappa shape index (κ3) is 3.29. The third-order valence-corrected chi connectivity index (χ3v) is 2.54. The zero-order chi connectivity index (χ0) is 10.6. The van der Waals surface area contributed by atoms with E-state index in [9.17, 15) is 0 Å². The van der Waals surface area contributed by atoms with Gasteiger partial charge in [-0.15, -0.1) is 0 Å². The van der Waals surface area contributed by atoms with Gasteiger partial charge < -0.3 is 16.8 Å². The number of anilines is 1. The highest BCUT2D eigenvalue weighted by Gasteiger charge is 2.01. The maximum Gasteiger partial charge on any atom is 0.0371 e. The molecule has 0 saturated heterocycles. The predicted octanol–water partition coefficient (Wildman–Crippen LogP) is 1.46. The first-order chi connectivity index (χ1) is 6.63. The van der Waals surface area contributed by atoms with E-state index in [-0.39, 0.29) is 6.04 Å². The normalized spacial score (nSPS) is 12.6. The van der Waals surface area contributed by atoms with Crippen molar-refractivity contribution in [2.45, 2.75) is 13.0 Å². The number of nitrogens with two attached hydrogens (primary N) is 2. The summed E-state index contributed by atoms with van der Waals surface area (Å²) >= 11 is 3.42. The number of halogens is 1. The molecule has 78 valence electrons. The van der Waals surface area contributed by atoms with Crippen LogP contribution in [-0.2, 0) is 0 Å². The molecule has 1 aromatic carbocycles. The Balaban J connectivity index is 2.59. The van der Waals surface area contributed by atoms with Crippen LogP contribution in [0.4, 0.5) is 5.69 Å². The lowest BCUT2D eigenvalue weighted by atomic mass is 10.2. The van der Waals surface area contributed by atoms with Crippen LogP contribution in [-0.4, -0.2) is 19.1 Å². The van der Waals surface area contributed by atoms with Gasteiger partial charge >= 0.3 is 0 Å². The molecular weight excluding hydrogens is 242 g/mol. The van der Waals surface area contributed by atoms with E-state index >= 15 is 0 Å². The van der Waals surface area contributed by atoms with E-state index in [4.69, 9.17) is 11.5 Å². The van der Waals surface area contributed by atoms with Gasteiger partial charge in [0.2, 0.25) is 0 Å². The van der Waals surface area contributed by atoms with E-state index in [1.807, 2.05) is 12.1 Å². The first kappa shape index (κ1) is 11.5. The van der Waals surface area contributed by atoms with Crippen molar-refractivity contribution in [1.29, 1.82) is 0 Å². The zero-order valence-electron chi connectivity index (χ0n) is 8.26. The average molecular weight is 258 g/mol. The van der Waals surface area contributed by atoms with Crippen LogP contribution in [0.1, 0.15) is 5.56 Å². The van der Waals surface area contributed by atoms with Crippen LogP contribution in [0, 0.1) is 6.92 Å². The molecule has 1 rings (SSSR count). The fourth-order valence-corrected chi connectivity index (χ4v) is 1.63. The fraction of sp³-hybridized carbons (Fsp3) is 0.400. The topological polar surface area (TPSA) is 64.1 Å². The molecule has 1 atom stereocenters. The Morgan fingerprint density at radius 2 is 2.21 bits per heavy atom. The first-order valence-corrected chi connectivity index (χ1v) is 5.38. The molecule has 1 aromatic rings. The lowest BCUT2D eigenvalue weighted by molar-refractivity contribution is 0.713. The summed E-state index contributed by atoms with van der Waals surface area (Å²) in [6.07, 6.45) is 0. The SMILES string of the molecule is Cc1cc(Br)ccc1NCC(N)CN. The molecule has 0 bridgehead atoms. The van der Waals surface area contributed by atoms with Crippen molar-refractivity contribution in [1.82, 2.24) is 0 Å². The van der Waals surface area contributed by atoms with Crippen molar-refractivity contribution >= 4 is 21.6 Å². The predicted molar refractivity (Wildman–Crippen MR) is 64.4 cm³/mol. The van der Waals surface area contributed by atoms with E-state index in [0.717, 1.165) is 10.2 Å². The maximum absolute atomic E-state index is 5.70. The molecule has 0 aliphatic rings. The van der Waals surface area contributed by atoms with Crippen molar-refractivity contribution in [3.63, 3.8) is 0 Å². The first-order valence-electron chi connectivity index (χ1n) is 4.59. The lowest BCUT2D eigenvalue weighted by Gasteiger charge is -2.13. The maximum atomic E-state index is 5.70. The summed E-state index contributed by atoms with van der Waals surface area (Å²) in [6, 6.07) is 6.11. The van der Waals surface area contributed by atoms with Gasteiger partial charge in [0.25, 0.3) is 0 Å². The van der Waals surface area contributed by atoms with Crippen LogP contribution < -0.4 is 16.8 Å². The number of nitrogens with one attached hydrogen (secondary N) is 1. The molecule has 0 aliphatic carbocycles. The smallest absolute Gasteiger partial charge is 0.0371 e. The van der Waals surface area contributed by atoms with E-state index < -0.39 is 0 Å². The van der Waals surface area contributed by atoms with Crippen molar-refractivity contribution in [2.75, 3.05) is 18.4 Å². The fourth-order valence-electron chi connectivity index (χ4n) is 1.15. The Hall–Kier alpha value is -0.580. The van der Waals surface area contributed by atoms with E-state index in [0.29, 0.717) is 13.1 Å². The minimum absolute atomic E-state index is 0.0121. The summed E-state index contributed by atoms with van der Waals surface area (Å²) in [5.74, 6) is 0. The summed E-state index contributed by atoms with van der Waals surface area (Å²) in [4.78, 5) is 0.